The van der Waals surface area contributed by atoms with Crippen LogP contribution in [0.2, 0.25) is 0 Å². The second-order valence-electron chi connectivity index (χ2n) is 4.92. The van der Waals surface area contributed by atoms with E-state index in [1.165, 1.54) is 25.7 Å². The highest BCUT2D eigenvalue weighted by atomic mass is 16.5. The van der Waals surface area contributed by atoms with Crippen LogP contribution in [0.3, 0.4) is 0 Å². The van der Waals surface area contributed by atoms with E-state index in [0.29, 0.717) is 0 Å². The molecule has 1 aliphatic rings. The summed E-state index contributed by atoms with van der Waals surface area (Å²) in [6.07, 6.45) is 5.86. The fraction of sp³-hybridized carbons (Fsp3) is 1.00. The molecule has 1 fully saturated rings. The van der Waals surface area contributed by atoms with Crippen LogP contribution >= 0.6 is 0 Å². The van der Waals surface area contributed by atoms with Crippen LogP contribution < -0.4 is 5.32 Å². The van der Waals surface area contributed by atoms with Gasteiger partial charge in [-0.3, -0.25) is 0 Å². The molecule has 17 heavy (non-hydrogen) atoms. The highest BCUT2D eigenvalue weighted by Crippen LogP contribution is 2.07. The van der Waals surface area contributed by atoms with Crippen molar-refractivity contribution >= 4 is 0 Å². The van der Waals surface area contributed by atoms with Crippen LogP contribution in [0.5, 0.6) is 0 Å². The first-order valence-electron chi connectivity index (χ1n) is 6.93. The van der Waals surface area contributed by atoms with E-state index < -0.39 is 0 Å². The lowest BCUT2D eigenvalue weighted by atomic mass is 10.2. The van der Waals surface area contributed by atoms with Crippen molar-refractivity contribution in [2.24, 2.45) is 0 Å². The van der Waals surface area contributed by atoms with Crippen LogP contribution in [0.25, 0.3) is 0 Å². The molecule has 1 heterocycles. The van der Waals surface area contributed by atoms with Crippen molar-refractivity contribution in [1.82, 2.24) is 10.2 Å². The molecule has 2 N–H and O–H groups in total. The molecule has 0 bridgehead atoms. The van der Waals surface area contributed by atoms with Crippen LogP contribution in [0.1, 0.15) is 32.1 Å². The molecule has 0 spiro atoms. The first kappa shape index (κ1) is 14.9. The number of methoxy groups -OCH3 is 1. The third-order valence-electron chi connectivity index (χ3n) is 3.25. The van der Waals surface area contributed by atoms with Gasteiger partial charge in [0.1, 0.15) is 0 Å². The van der Waals surface area contributed by atoms with Gasteiger partial charge in [-0.15, -0.1) is 0 Å². The minimum Gasteiger partial charge on any atom is -0.390 e. The normalized spacial score (nSPS) is 18.7. The van der Waals surface area contributed by atoms with Gasteiger partial charge in [0.05, 0.1) is 6.10 Å². The Morgan fingerprint density at radius 1 is 1.24 bits per heavy atom. The van der Waals surface area contributed by atoms with Gasteiger partial charge < -0.3 is 20.1 Å². The van der Waals surface area contributed by atoms with Gasteiger partial charge in [-0.25, -0.2) is 0 Å². The Balaban J connectivity index is 1.84. The number of nitrogens with zero attached hydrogens (tertiary/aromatic N) is 1. The Kier molecular flexibility index (Phi) is 8.61. The summed E-state index contributed by atoms with van der Waals surface area (Å²) in [5.41, 5.74) is 0. The summed E-state index contributed by atoms with van der Waals surface area (Å²) < 4.78 is 5.00. The molecule has 4 nitrogen and oxygen atoms in total. The third kappa shape index (κ3) is 7.71. The van der Waals surface area contributed by atoms with Crippen molar-refractivity contribution < 1.29 is 9.84 Å². The van der Waals surface area contributed by atoms with Crippen LogP contribution in [0.4, 0.5) is 0 Å². The Morgan fingerprint density at radius 3 is 2.71 bits per heavy atom. The summed E-state index contributed by atoms with van der Waals surface area (Å²) in [5.74, 6) is 0. The summed E-state index contributed by atoms with van der Waals surface area (Å²) in [6.45, 7) is 5.73. The van der Waals surface area contributed by atoms with E-state index in [9.17, 15) is 5.11 Å². The predicted octanol–water partition coefficient (Wildman–Crippen LogP) is 0.849. The monoisotopic (exact) mass is 244 g/mol. The lowest BCUT2D eigenvalue weighted by Gasteiger charge is -2.19. The van der Waals surface area contributed by atoms with Gasteiger partial charge in [-0.2, -0.15) is 0 Å². The summed E-state index contributed by atoms with van der Waals surface area (Å²) in [7, 11) is 1.74. The molecule has 0 amide bonds. The fourth-order valence-corrected chi connectivity index (χ4v) is 2.27. The van der Waals surface area contributed by atoms with Gasteiger partial charge in [0.25, 0.3) is 0 Å². The summed E-state index contributed by atoms with van der Waals surface area (Å²) in [6, 6.07) is 0. The second-order valence-corrected chi connectivity index (χ2v) is 4.92. The minimum absolute atomic E-state index is 0.216. The van der Waals surface area contributed by atoms with Crippen molar-refractivity contribution in [3.63, 3.8) is 0 Å². The van der Waals surface area contributed by atoms with E-state index in [0.717, 1.165) is 45.8 Å². The largest absolute Gasteiger partial charge is 0.390 e. The zero-order chi connectivity index (χ0) is 12.3. The Hall–Kier alpha value is -0.160. The molecule has 1 rings (SSSR count). The number of rotatable bonds is 10. The highest BCUT2D eigenvalue weighted by molar-refractivity contribution is 4.71. The fourth-order valence-electron chi connectivity index (χ4n) is 2.27. The van der Waals surface area contributed by atoms with E-state index in [-0.39, 0.29) is 6.10 Å². The number of ether oxygens (including phenoxy) is 1. The molecule has 1 saturated heterocycles. The van der Waals surface area contributed by atoms with Gasteiger partial charge in [0.2, 0.25) is 0 Å². The standard InChI is InChI=1S/C13H28N2O2/c1-17-10-6-2-3-7-14-11-13(16)12-15-8-4-5-9-15/h13-14,16H,2-12H2,1H3. The molecule has 4 heteroatoms. The Labute approximate surface area is 105 Å². The van der Waals surface area contributed by atoms with Crippen molar-refractivity contribution in [1.29, 1.82) is 0 Å². The molecule has 0 aromatic heterocycles. The maximum atomic E-state index is 9.83. The van der Waals surface area contributed by atoms with Crippen molar-refractivity contribution in [3.8, 4) is 0 Å². The Bertz CT molecular complexity index is 173. The number of aliphatic hydroxyl groups excluding tert-OH is 1. The summed E-state index contributed by atoms with van der Waals surface area (Å²) in [4.78, 5) is 2.35. The topological polar surface area (TPSA) is 44.7 Å². The first-order valence-corrected chi connectivity index (χ1v) is 6.93. The van der Waals surface area contributed by atoms with Gasteiger partial charge in [-0.1, -0.05) is 0 Å². The molecule has 102 valence electrons. The lowest BCUT2D eigenvalue weighted by Crippen LogP contribution is -2.37. The van der Waals surface area contributed by atoms with E-state index in [4.69, 9.17) is 4.74 Å². The molecule has 0 aliphatic carbocycles. The maximum Gasteiger partial charge on any atom is 0.0791 e. The highest BCUT2D eigenvalue weighted by Gasteiger charge is 2.14. The smallest absolute Gasteiger partial charge is 0.0791 e. The number of aliphatic hydroxyl groups is 1. The molecule has 1 aliphatic heterocycles. The number of unbranched alkanes of at least 4 members (excludes halogenated alkanes) is 2. The van der Waals surface area contributed by atoms with Gasteiger partial charge in [0, 0.05) is 26.8 Å². The van der Waals surface area contributed by atoms with Crippen molar-refractivity contribution in [3.05, 3.63) is 0 Å². The first-order chi connectivity index (χ1) is 8.33. The molecule has 0 aromatic rings. The van der Waals surface area contributed by atoms with Gasteiger partial charge >= 0.3 is 0 Å². The van der Waals surface area contributed by atoms with E-state index in [1.54, 1.807) is 7.11 Å². The van der Waals surface area contributed by atoms with Crippen molar-refractivity contribution in [2.45, 2.75) is 38.2 Å². The number of hydrogen-bond acceptors (Lipinski definition) is 4. The van der Waals surface area contributed by atoms with Crippen LogP contribution in [-0.4, -0.2) is 62.6 Å². The SMILES string of the molecule is COCCCCCNCC(O)CN1CCCC1. The third-order valence-corrected chi connectivity index (χ3v) is 3.25. The molecule has 0 radical (unpaired) electrons. The molecule has 1 atom stereocenters. The van der Waals surface area contributed by atoms with Gasteiger partial charge in [-0.05, 0) is 51.7 Å². The number of likely N-dealkylation sites (tertiary alicyclic amines) is 1. The van der Waals surface area contributed by atoms with Crippen LogP contribution in [0.15, 0.2) is 0 Å². The number of hydrogen-bond donors (Lipinski definition) is 2. The van der Waals surface area contributed by atoms with E-state index in [2.05, 4.69) is 10.2 Å². The van der Waals surface area contributed by atoms with Crippen LogP contribution in [0, 0.1) is 0 Å². The molecular formula is C13H28N2O2. The summed E-state index contributed by atoms with van der Waals surface area (Å²) in [5, 5.41) is 13.1. The van der Waals surface area contributed by atoms with E-state index in [1.807, 2.05) is 0 Å². The molecule has 0 aromatic carbocycles. The lowest BCUT2D eigenvalue weighted by molar-refractivity contribution is 0.123. The predicted molar refractivity (Wildman–Crippen MR) is 70.3 cm³/mol. The average molecular weight is 244 g/mol. The second kappa shape index (κ2) is 9.83. The quantitative estimate of drug-likeness (QED) is 0.559. The van der Waals surface area contributed by atoms with Crippen LogP contribution in [-0.2, 0) is 4.74 Å². The molecule has 1 unspecified atom stereocenters. The minimum atomic E-state index is -0.216. The zero-order valence-corrected chi connectivity index (χ0v) is 11.2. The number of β-amino-alcohol motifs (C(OH)–C–C–N with tert-alkyl or cyclic N) is 1. The average Bonchev–Trinajstić information content (AvgIpc) is 2.80. The molecular weight excluding hydrogens is 216 g/mol. The number of nitrogens with one attached hydrogen (secondary N) is 1. The molecule has 0 saturated carbocycles. The van der Waals surface area contributed by atoms with Gasteiger partial charge in [0.15, 0.2) is 0 Å². The Morgan fingerprint density at radius 2 is 2.00 bits per heavy atom. The van der Waals surface area contributed by atoms with E-state index >= 15 is 0 Å². The summed E-state index contributed by atoms with van der Waals surface area (Å²) >= 11 is 0. The zero-order valence-electron chi connectivity index (χ0n) is 11.2. The van der Waals surface area contributed by atoms with Crippen molar-refractivity contribution in [2.75, 3.05) is 46.4 Å². The maximum absolute atomic E-state index is 9.83.